The molecule has 0 radical (unpaired) electrons. The lowest BCUT2D eigenvalue weighted by atomic mass is 10.2. The third-order valence-electron chi connectivity index (χ3n) is 5.33. The molecule has 152 valence electrons. The minimum atomic E-state index is -0.296. The fourth-order valence-electron chi connectivity index (χ4n) is 3.44. The van der Waals surface area contributed by atoms with Crippen LogP contribution in [0.3, 0.4) is 0 Å². The van der Waals surface area contributed by atoms with Crippen LogP contribution in [0.15, 0.2) is 22.6 Å². The minimum absolute atomic E-state index is 0.0505. The van der Waals surface area contributed by atoms with Crippen molar-refractivity contribution in [2.24, 2.45) is 0 Å². The Morgan fingerprint density at radius 1 is 1.32 bits per heavy atom. The zero-order chi connectivity index (χ0) is 20.4. The van der Waals surface area contributed by atoms with Gasteiger partial charge in [-0.3, -0.25) is 14.2 Å². The van der Waals surface area contributed by atoms with Crippen LogP contribution in [0.1, 0.15) is 24.3 Å². The number of aryl methyl sites for hydroxylation is 2. The van der Waals surface area contributed by atoms with Gasteiger partial charge in [-0.2, -0.15) is 0 Å². The van der Waals surface area contributed by atoms with Crippen LogP contribution in [-0.2, 0) is 11.3 Å². The lowest BCUT2D eigenvalue weighted by Gasteiger charge is -2.35. The van der Waals surface area contributed by atoms with E-state index < -0.39 is 0 Å². The second-order valence-corrected chi connectivity index (χ2v) is 9.59. The third-order valence-corrected chi connectivity index (χ3v) is 7.51. The molecule has 8 heteroatoms. The molecule has 3 rings (SSSR count). The van der Waals surface area contributed by atoms with Crippen LogP contribution < -0.4 is 5.56 Å². The van der Waals surface area contributed by atoms with Gasteiger partial charge in [0, 0.05) is 37.6 Å². The average molecular weight is 421 g/mol. The number of carbonyl (C=O) groups excluding carboxylic acids is 1. The van der Waals surface area contributed by atoms with E-state index in [0.717, 1.165) is 48.0 Å². The molecule has 1 atom stereocenters. The second kappa shape index (κ2) is 8.80. The van der Waals surface area contributed by atoms with Crippen LogP contribution in [0, 0.1) is 13.8 Å². The SMILES string of the molecule is C=CCn1c(S[C@@H](C)C(=O)N2CCN(CC)CC2)nc2sc(C)c(C)c2c1=O. The molecule has 0 aliphatic carbocycles. The van der Waals surface area contributed by atoms with Gasteiger partial charge in [-0.05, 0) is 32.9 Å². The van der Waals surface area contributed by atoms with E-state index in [9.17, 15) is 9.59 Å². The number of thiophene rings is 1. The van der Waals surface area contributed by atoms with Gasteiger partial charge in [0.1, 0.15) is 4.83 Å². The Morgan fingerprint density at radius 3 is 2.61 bits per heavy atom. The van der Waals surface area contributed by atoms with Crippen molar-refractivity contribution in [3.63, 3.8) is 0 Å². The van der Waals surface area contributed by atoms with Gasteiger partial charge in [-0.1, -0.05) is 24.8 Å². The summed E-state index contributed by atoms with van der Waals surface area (Å²) in [6, 6.07) is 0. The van der Waals surface area contributed by atoms with Crippen molar-refractivity contribution in [1.82, 2.24) is 19.4 Å². The number of nitrogens with zero attached hydrogens (tertiary/aromatic N) is 4. The summed E-state index contributed by atoms with van der Waals surface area (Å²) >= 11 is 2.90. The number of thioether (sulfide) groups is 1. The van der Waals surface area contributed by atoms with Gasteiger partial charge >= 0.3 is 0 Å². The van der Waals surface area contributed by atoms with Crippen LogP contribution >= 0.6 is 23.1 Å². The van der Waals surface area contributed by atoms with Gasteiger partial charge in [0.05, 0.1) is 10.6 Å². The van der Waals surface area contributed by atoms with Crippen molar-refractivity contribution in [2.75, 3.05) is 32.7 Å². The molecular weight excluding hydrogens is 392 g/mol. The van der Waals surface area contributed by atoms with E-state index in [-0.39, 0.29) is 16.7 Å². The maximum absolute atomic E-state index is 13.1. The zero-order valence-electron chi connectivity index (χ0n) is 17.0. The van der Waals surface area contributed by atoms with Crippen molar-refractivity contribution < 1.29 is 4.79 Å². The Kier molecular flexibility index (Phi) is 6.62. The second-order valence-electron chi connectivity index (χ2n) is 7.08. The fourth-order valence-corrected chi connectivity index (χ4v) is 5.51. The molecule has 0 spiro atoms. The zero-order valence-corrected chi connectivity index (χ0v) is 18.7. The van der Waals surface area contributed by atoms with Crippen LogP contribution in [0.4, 0.5) is 0 Å². The lowest BCUT2D eigenvalue weighted by molar-refractivity contribution is -0.132. The van der Waals surface area contributed by atoms with Gasteiger partial charge in [-0.25, -0.2) is 4.98 Å². The molecule has 1 fully saturated rings. The predicted molar refractivity (Wildman–Crippen MR) is 118 cm³/mol. The summed E-state index contributed by atoms with van der Waals surface area (Å²) in [6.07, 6.45) is 1.70. The van der Waals surface area contributed by atoms with Gasteiger partial charge < -0.3 is 9.80 Å². The number of piperazine rings is 1. The van der Waals surface area contributed by atoms with Gasteiger partial charge in [-0.15, -0.1) is 17.9 Å². The summed E-state index contributed by atoms with van der Waals surface area (Å²) in [6.45, 7) is 16.5. The molecule has 6 nitrogen and oxygen atoms in total. The molecule has 0 bridgehead atoms. The quantitative estimate of drug-likeness (QED) is 0.409. The number of hydrogen-bond acceptors (Lipinski definition) is 6. The molecule has 1 aliphatic heterocycles. The van der Waals surface area contributed by atoms with Crippen molar-refractivity contribution in [2.45, 2.75) is 44.6 Å². The van der Waals surface area contributed by atoms with E-state index in [0.29, 0.717) is 17.1 Å². The van der Waals surface area contributed by atoms with Crippen molar-refractivity contribution in [1.29, 1.82) is 0 Å². The predicted octanol–water partition coefficient (Wildman–Crippen LogP) is 2.91. The normalized spacial score (nSPS) is 16.5. The number of allylic oxidation sites excluding steroid dienone is 1. The molecule has 0 aromatic carbocycles. The number of likely N-dealkylation sites (N-methyl/N-ethyl adjacent to an activating group) is 1. The molecule has 3 heterocycles. The highest BCUT2D eigenvalue weighted by Crippen LogP contribution is 2.30. The van der Waals surface area contributed by atoms with E-state index in [2.05, 4.69) is 18.4 Å². The van der Waals surface area contributed by atoms with Gasteiger partial charge in [0.25, 0.3) is 5.56 Å². The first kappa shape index (κ1) is 21.1. The summed E-state index contributed by atoms with van der Waals surface area (Å²) in [7, 11) is 0. The maximum Gasteiger partial charge on any atom is 0.263 e. The standard InChI is InChI=1S/C20H28N4O2S2/c1-6-8-24-19(26)16-13(3)14(4)27-17(16)21-20(24)28-15(5)18(25)23-11-9-22(7-2)10-12-23/h6,15H,1,7-12H2,2-5H3/t15-/m0/s1. The Hall–Kier alpha value is -1.64. The average Bonchev–Trinajstić information content (AvgIpc) is 2.98. The summed E-state index contributed by atoms with van der Waals surface area (Å²) in [4.78, 5) is 36.9. The monoisotopic (exact) mass is 420 g/mol. The summed E-state index contributed by atoms with van der Waals surface area (Å²) < 4.78 is 1.64. The largest absolute Gasteiger partial charge is 0.339 e. The summed E-state index contributed by atoms with van der Waals surface area (Å²) in [5.74, 6) is 0.110. The Labute approximate surface area is 174 Å². The molecular formula is C20H28N4O2S2. The van der Waals surface area contributed by atoms with E-state index in [1.54, 1.807) is 10.6 Å². The first-order chi connectivity index (χ1) is 13.4. The highest BCUT2D eigenvalue weighted by molar-refractivity contribution is 8.00. The minimum Gasteiger partial charge on any atom is -0.339 e. The number of carbonyl (C=O) groups is 1. The molecule has 1 aliphatic rings. The highest BCUT2D eigenvalue weighted by Gasteiger charge is 2.27. The maximum atomic E-state index is 13.1. The molecule has 0 saturated carbocycles. The number of rotatable bonds is 6. The number of aromatic nitrogens is 2. The Morgan fingerprint density at radius 2 is 2.00 bits per heavy atom. The van der Waals surface area contributed by atoms with Crippen LogP contribution in [0.5, 0.6) is 0 Å². The smallest absolute Gasteiger partial charge is 0.263 e. The number of fused-ring (bicyclic) bond motifs is 1. The first-order valence-corrected chi connectivity index (χ1v) is 11.4. The third kappa shape index (κ3) is 4.04. The van der Waals surface area contributed by atoms with Crippen LogP contribution in [-0.4, -0.2) is 63.2 Å². The number of amides is 1. The molecule has 1 amide bonds. The molecule has 2 aromatic heterocycles. The van der Waals surface area contributed by atoms with Crippen LogP contribution in [0.25, 0.3) is 10.2 Å². The van der Waals surface area contributed by atoms with Crippen LogP contribution in [0.2, 0.25) is 0 Å². The fraction of sp³-hybridized carbons (Fsp3) is 0.550. The lowest BCUT2D eigenvalue weighted by Crippen LogP contribution is -2.50. The van der Waals surface area contributed by atoms with E-state index in [4.69, 9.17) is 4.98 Å². The topological polar surface area (TPSA) is 58.4 Å². The van der Waals surface area contributed by atoms with Gasteiger partial charge in [0.15, 0.2) is 5.16 Å². The summed E-state index contributed by atoms with van der Waals surface area (Å²) in [5.41, 5.74) is 0.940. The molecule has 0 N–H and O–H groups in total. The summed E-state index contributed by atoms with van der Waals surface area (Å²) in [5, 5.41) is 0.978. The van der Waals surface area contributed by atoms with E-state index >= 15 is 0 Å². The highest BCUT2D eigenvalue weighted by atomic mass is 32.2. The van der Waals surface area contributed by atoms with Crippen molar-refractivity contribution >= 4 is 39.2 Å². The molecule has 28 heavy (non-hydrogen) atoms. The van der Waals surface area contributed by atoms with E-state index in [1.165, 1.54) is 23.1 Å². The van der Waals surface area contributed by atoms with Crippen molar-refractivity contribution in [3.05, 3.63) is 33.4 Å². The molecule has 0 unspecified atom stereocenters. The Bertz CT molecular complexity index is 942. The molecule has 2 aromatic rings. The first-order valence-electron chi connectivity index (χ1n) is 9.66. The van der Waals surface area contributed by atoms with E-state index in [1.807, 2.05) is 25.7 Å². The van der Waals surface area contributed by atoms with Crippen molar-refractivity contribution in [3.8, 4) is 0 Å². The number of hydrogen-bond donors (Lipinski definition) is 0. The molecule has 1 saturated heterocycles. The Balaban J connectivity index is 1.86. The van der Waals surface area contributed by atoms with Gasteiger partial charge in [0.2, 0.25) is 5.91 Å².